The highest BCUT2D eigenvalue weighted by Gasteiger charge is 2.24. The molecule has 0 aliphatic carbocycles. The van der Waals surface area contributed by atoms with Crippen LogP contribution < -0.4 is 10.6 Å². The third-order valence-corrected chi connectivity index (χ3v) is 3.74. The predicted molar refractivity (Wildman–Crippen MR) is 93.0 cm³/mol. The second kappa shape index (κ2) is 6.49. The Kier molecular flexibility index (Phi) is 4.24. The number of carbonyl (C=O) groups is 1. The van der Waals surface area contributed by atoms with Gasteiger partial charge < -0.3 is 5.73 Å². The Hall–Kier alpha value is -3.22. The second-order valence-electron chi connectivity index (χ2n) is 5.42. The number of nitrogens with two attached hydrogens (primary N) is 1. The normalized spacial score (nSPS) is 10.7. The second-order valence-corrected chi connectivity index (χ2v) is 5.42. The lowest BCUT2D eigenvalue weighted by atomic mass is 10.1. The first-order valence-corrected chi connectivity index (χ1v) is 7.67. The quantitative estimate of drug-likeness (QED) is 0.506. The van der Waals surface area contributed by atoms with Gasteiger partial charge in [0, 0.05) is 17.3 Å². The van der Waals surface area contributed by atoms with Crippen molar-refractivity contribution in [3.8, 4) is 0 Å². The van der Waals surface area contributed by atoms with Gasteiger partial charge in [-0.05, 0) is 30.7 Å². The molecule has 7 nitrogen and oxygen atoms in total. The number of anilines is 1. The number of fused-ring (bicyclic) bond motifs is 1. The maximum atomic E-state index is 12.9. The molecule has 2 aromatic heterocycles. The van der Waals surface area contributed by atoms with Crippen LogP contribution in [0.4, 0.5) is 5.69 Å². The summed E-state index contributed by atoms with van der Waals surface area (Å²) in [5, 5.41) is 15.5. The van der Waals surface area contributed by atoms with Crippen molar-refractivity contribution in [3.05, 3.63) is 54.0 Å². The fourth-order valence-corrected chi connectivity index (χ4v) is 2.63. The van der Waals surface area contributed by atoms with Gasteiger partial charge in [-0.1, -0.05) is 19.4 Å². The summed E-state index contributed by atoms with van der Waals surface area (Å²) in [4.78, 5) is 18.3. The maximum Gasteiger partial charge on any atom is 0.268 e. The summed E-state index contributed by atoms with van der Waals surface area (Å²) in [6, 6.07) is 9.04. The summed E-state index contributed by atoms with van der Waals surface area (Å²) in [7, 11) is 0. The molecule has 0 saturated heterocycles. The number of guanidine groups is 1. The molecule has 122 valence electrons. The number of aromatic amines is 1. The fourth-order valence-electron chi connectivity index (χ4n) is 2.63. The minimum absolute atomic E-state index is 0.341. The van der Waals surface area contributed by atoms with E-state index < -0.39 is 0 Å². The molecule has 7 heteroatoms. The van der Waals surface area contributed by atoms with Gasteiger partial charge in [0.25, 0.3) is 5.91 Å². The molecule has 4 N–H and O–H groups in total. The number of nitrogens with one attached hydrogen (secondary N) is 2. The monoisotopic (exact) mass is 322 g/mol. The molecule has 24 heavy (non-hydrogen) atoms. The Morgan fingerprint density at radius 3 is 2.96 bits per heavy atom. The lowest BCUT2D eigenvalue weighted by Gasteiger charge is -2.21. The molecule has 0 bridgehead atoms. The van der Waals surface area contributed by atoms with Gasteiger partial charge in [0.2, 0.25) is 0 Å². The summed E-state index contributed by atoms with van der Waals surface area (Å²) in [5.41, 5.74) is 8.20. The minimum atomic E-state index is -0.372. The zero-order valence-electron chi connectivity index (χ0n) is 13.3. The molecule has 0 atom stereocenters. The van der Waals surface area contributed by atoms with Crippen molar-refractivity contribution in [2.75, 3.05) is 4.90 Å². The lowest BCUT2D eigenvalue weighted by molar-refractivity contribution is 0.100. The molecule has 0 aliphatic heterocycles. The van der Waals surface area contributed by atoms with Crippen LogP contribution in [-0.4, -0.2) is 27.0 Å². The van der Waals surface area contributed by atoms with Crippen LogP contribution in [0.25, 0.3) is 10.9 Å². The summed E-state index contributed by atoms with van der Waals surface area (Å²) < 4.78 is 0. The van der Waals surface area contributed by atoms with E-state index in [1.165, 1.54) is 11.1 Å². The number of pyridine rings is 1. The van der Waals surface area contributed by atoms with Crippen LogP contribution in [0.15, 0.2) is 42.7 Å². The number of H-pyrrole nitrogens is 1. The van der Waals surface area contributed by atoms with E-state index in [2.05, 4.69) is 15.2 Å². The summed E-state index contributed by atoms with van der Waals surface area (Å²) >= 11 is 0. The topological polar surface area (TPSA) is 112 Å². The number of rotatable bonds is 4. The van der Waals surface area contributed by atoms with E-state index in [0.717, 1.165) is 23.0 Å². The highest BCUT2D eigenvalue weighted by Crippen LogP contribution is 2.23. The van der Waals surface area contributed by atoms with Gasteiger partial charge in [-0.3, -0.25) is 20.3 Å². The number of aromatic nitrogens is 3. The van der Waals surface area contributed by atoms with Gasteiger partial charge in [0.1, 0.15) is 0 Å². The molecule has 2 heterocycles. The highest BCUT2D eigenvalue weighted by molar-refractivity contribution is 6.21. The van der Waals surface area contributed by atoms with E-state index in [1.54, 1.807) is 24.4 Å². The first kappa shape index (κ1) is 15.7. The largest absolute Gasteiger partial charge is 0.369 e. The summed E-state index contributed by atoms with van der Waals surface area (Å²) in [6.07, 6.45) is 4.77. The van der Waals surface area contributed by atoms with Crippen molar-refractivity contribution >= 4 is 28.5 Å². The van der Waals surface area contributed by atoms with Gasteiger partial charge in [0.15, 0.2) is 5.96 Å². The van der Waals surface area contributed by atoms with Gasteiger partial charge in [-0.15, -0.1) is 0 Å². The first-order chi connectivity index (χ1) is 11.6. The molecule has 0 radical (unpaired) electrons. The average Bonchev–Trinajstić information content (AvgIpc) is 3.03. The smallest absolute Gasteiger partial charge is 0.268 e. The lowest BCUT2D eigenvalue weighted by Crippen LogP contribution is -2.41. The van der Waals surface area contributed by atoms with Gasteiger partial charge in [0.05, 0.1) is 23.0 Å². The molecule has 3 rings (SSSR count). The standard InChI is InChI=1S/C17H18N6O/c1-2-4-15-13(10-21-22-15)16(24)23(17(18)19)12-6-7-14-11(9-12)5-3-8-20-14/h3,5-10H,2,4H2,1H3,(H3,18,19)(H,21,22). The molecule has 1 amide bonds. The number of benzene rings is 1. The van der Waals surface area contributed by atoms with Crippen molar-refractivity contribution in [1.82, 2.24) is 15.2 Å². The zero-order chi connectivity index (χ0) is 17.1. The van der Waals surface area contributed by atoms with Gasteiger partial charge in [-0.2, -0.15) is 5.10 Å². The van der Waals surface area contributed by atoms with E-state index in [1.807, 2.05) is 19.1 Å². The van der Waals surface area contributed by atoms with E-state index in [9.17, 15) is 4.79 Å². The van der Waals surface area contributed by atoms with Crippen molar-refractivity contribution in [2.45, 2.75) is 19.8 Å². The highest BCUT2D eigenvalue weighted by atomic mass is 16.2. The zero-order valence-corrected chi connectivity index (χ0v) is 13.3. The molecule has 1 aromatic carbocycles. The Balaban J connectivity index is 2.03. The SMILES string of the molecule is CCCc1[nH]ncc1C(=O)N(C(=N)N)c1ccc2ncccc2c1. The predicted octanol–water partition coefficient (Wildman–Crippen LogP) is 2.45. The Bertz CT molecular complexity index is 901. The fraction of sp³-hybridized carbons (Fsp3) is 0.176. The van der Waals surface area contributed by atoms with Crippen molar-refractivity contribution in [2.24, 2.45) is 5.73 Å². The van der Waals surface area contributed by atoms with Crippen LogP contribution in [0.5, 0.6) is 0 Å². The van der Waals surface area contributed by atoms with E-state index in [0.29, 0.717) is 17.7 Å². The van der Waals surface area contributed by atoms with E-state index in [-0.39, 0.29) is 11.9 Å². The molecule has 0 fully saturated rings. The molecule has 0 aliphatic rings. The summed E-state index contributed by atoms with van der Waals surface area (Å²) in [6.45, 7) is 2.02. The Morgan fingerprint density at radius 2 is 2.21 bits per heavy atom. The number of amides is 1. The molecular formula is C17H18N6O. The van der Waals surface area contributed by atoms with E-state index in [4.69, 9.17) is 11.1 Å². The number of hydrogen-bond acceptors (Lipinski definition) is 4. The number of carbonyl (C=O) groups excluding carboxylic acids is 1. The summed E-state index contributed by atoms with van der Waals surface area (Å²) in [5.74, 6) is -0.713. The van der Waals surface area contributed by atoms with Crippen molar-refractivity contribution in [3.63, 3.8) is 0 Å². The first-order valence-electron chi connectivity index (χ1n) is 7.67. The molecule has 3 aromatic rings. The third kappa shape index (κ3) is 2.83. The molecular weight excluding hydrogens is 304 g/mol. The Labute approximate surface area is 139 Å². The minimum Gasteiger partial charge on any atom is -0.369 e. The van der Waals surface area contributed by atoms with Crippen LogP contribution >= 0.6 is 0 Å². The van der Waals surface area contributed by atoms with Gasteiger partial charge >= 0.3 is 0 Å². The maximum absolute atomic E-state index is 12.9. The molecule has 0 saturated carbocycles. The van der Waals surface area contributed by atoms with Crippen molar-refractivity contribution in [1.29, 1.82) is 5.41 Å². The average molecular weight is 322 g/mol. The van der Waals surface area contributed by atoms with E-state index >= 15 is 0 Å². The van der Waals surface area contributed by atoms with Crippen LogP contribution in [-0.2, 0) is 6.42 Å². The third-order valence-electron chi connectivity index (χ3n) is 3.74. The number of nitrogens with zero attached hydrogens (tertiary/aromatic N) is 3. The number of hydrogen-bond donors (Lipinski definition) is 3. The van der Waals surface area contributed by atoms with Crippen molar-refractivity contribution < 1.29 is 4.79 Å². The Morgan fingerprint density at radius 1 is 1.38 bits per heavy atom. The van der Waals surface area contributed by atoms with Crippen LogP contribution in [0, 0.1) is 5.41 Å². The molecule has 0 spiro atoms. The van der Waals surface area contributed by atoms with Crippen LogP contribution in [0.1, 0.15) is 29.4 Å². The van der Waals surface area contributed by atoms with Crippen LogP contribution in [0.2, 0.25) is 0 Å². The molecule has 0 unspecified atom stereocenters. The van der Waals surface area contributed by atoms with Gasteiger partial charge in [-0.25, -0.2) is 4.90 Å². The van der Waals surface area contributed by atoms with Crippen LogP contribution in [0.3, 0.4) is 0 Å². The number of aryl methyl sites for hydroxylation is 1.